The van der Waals surface area contributed by atoms with E-state index in [-0.39, 0.29) is 10.8 Å². The summed E-state index contributed by atoms with van der Waals surface area (Å²) < 4.78 is 40.4. The van der Waals surface area contributed by atoms with Crippen molar-refractivity contribution in [3.63, 3.8) is 0 Å². The number of nitrogens with one attached hydrogen (secondary N) is 2. The Morgan fingerprint density at radius 3 is 2.12 bits per heavy atom. The van der Waals surface area contributed by atoms with Gasteiger partial charge in [-0.2, -0.15) is 0 Å². The fourth-order valence-corrected chi connectivity index (χ4v) is 4.91. The zero-order valence-corrected chi connectivity index (χ0v) is 19.9. The average Bonchev–Trinajstić information content (AvgIpc) is 2.80. The van der Waals surface area contributed by atoms with Crippen LogP contribution in [0.3, 0.4) is 0 Å². The number of carbonyl (C=O) groups is 1. The maximum atomic E-state index is 13.1. The van der Waals surface area contributed by atoms with Gasteiger partial charge >= 0.3 is 0 Å². The summed E-state index contributed by atoms with van der Waals surface area (Å²) in [6, 6.07) is 16.5. The van der Waals surface area contributed by atoms with Crippen LogP contribution in [0.2, 0.25) is 0 Å². The number of benzene rings is 3. The first-order chi connectivity index (χ1) is 16.2. The third-order valence-electron chi connectivity index (χ3n) is 5.82. The second-order valence-electron chi connectivity index (χ2n) is 8.38. The van der Waals surface area contributed by atoms with E-state index in [1.807, 2.05) is 25.1 Å². The molecule has 34 heavy (non-hydrogen) atoms. The van der Waals surface area contributed by atoms with Gasteiger partial charge in [0.1, 0.15) is 5.82 Å². The van der Waals surface area contributed by atoms with Crippen LogP contribution in [0.4, 0.5) is 21.5 Å². The van der Waals surface area contributed by atoms with Crippen molar-refractivity contribution < 1.29 is 17.6 Å². The Morgan fingerprint density at radius 2 is 1.50 bits per heavy atom. The van der Waals surface area contributed by atoms with Crippen molar-refractivity contribution in [3.05, 3.63) is 83.7 Å². The number of carbonyl (C=O) groups excluding carboxylic acids is 1. The molecule has 3 aromatic rings. The zero-order chi connectivity index (χ0) is 24.3. The molecule has 1 heterocycles. The highest BCUT2D eigenvalue weighted by Gasteiger charge is 2.17. The van der Waals surface area contributed by atoms with Crippen LogP contribution in [0.1, 0.15) is 15.9 Å². The van der Waals surface area contributed by atoms with E-state index in [4.69, 9.17) is 0 Å². The summed E-state index contributed by atoms with van der Waals surface area (Å²) in [4.78, 5) is 17.3. The molecule has 1 aliphatic heterocycles. The number of nitrogens with zero attached hydrogens (tertiary/aromatic N) is 2. The number of hydrogen-bond acceptors (Lipinski definition) is 5. The van der Waals surface area contributed by atoms with Crippen LogP contribution >= 0.6 is 0 Å². The molecule has 1 amide bonds. The highest BCUT2D eigenvalue weighted by atomic mass is 32.2. The lowest BCUT2D eigenvalue weighted by atomic mass is 10.1. The van der Waals surface area contributed by atoms with E-state index in [0.717, 1.165) is 43.9 Å². The lowest BCUT2D eigenvalue weighted by Crippen LogP contribution is -2.44. The number of anilines is 3. The van der Waals surface area contributed by atoms with E-state index in [1.54, 1.807) is 12.1 Å². The van der Waals surface area contributed by atoms with E-state index in [2.05, 4.69) is 26.9 Å². The van der Waals surface area contributed by atoms with Crippen molar-refractivity contribution in [2.75, 3.05) is 48.2 Å². The van der Waals surface area contributed by atoms with Crippen LogP contribution in [0, 0.1) is 12.7 Å². The number of piperazine rings is 1. The van der Waals surface area contributed by atoms with Crippen molar-refractivity contribution in [2.24, 2.45) is 0 Å². The van der Waals surface area contributed by atoms with Crippen molar-refractivity contribution in [1.29, 1.82) is 0 Å². The second-order valence-corrected chi connectivity index (χ2v) is 10.1. The topological polar surface area (TPSA) is 81.8 Å². The third-order valence-corrected chi connectivity index (χ3v) is 7.22. The molecule has 3 aromatic carbocycles. The summed E-state index contributed by atoms with van der Waals surface area (Å²) in [6.07, 6.45) is 0. The van der Waals surface area contributed by atoms with E-state index in [1.165, 1.54) is 30.0 Å². The predicted octanol–water partition coefficient (Wildman–Crippen LogP) is 3.94. The number of aryl methyl sites for hydroxylation is 1. The fourth-order valence-electron chi connectivity index (χ4n) is 3.86. The maximum Gasteiger partial charge on any atom is 0.261 e. The Bertz CT molecular complexity index is 1270. The summed E-state index contributed by atoms with van der Waals surface area (Å²) in [5.74, 6) is -0.807. The molecule has 0 bridgehead atoms. The van der Waals surface area contributed by atoms with Gasteiger partial charge in [0, 0.05) is 48.8 Å². The van der Waals surface area contributed by atoms with Crippen LogP contribution in [0.5, 0.6) is 0 Å². The number of halogens is 1. The molecular weight excluding hydrogens is 455 g/mol. The minimum absolute atomic E-state index is 0.0499. The van der Waals surface area contributed by atoms with E-state index >= 15 is 0 Å². The SMILES string of the molecule is Cc1cc(NC(=O)c2ccc(NS(=O)(=O)c3ccc(F)cc3)cc2)ccc1N1CCN(C)CC1. The van der Waals surface area contributed by atoms with Crippen LogP contribution in [0.15, 0.2) is 71.6 Å². The molecule has 0 saturated carbocycles. The van der Waals surface area contributed by atoms with Gasteiger partial charge in [0.2, 0.25) is 0 Å². The number of sulfonamides is 1. The zero-order valence-electron chi connectivity index (χ0n) is 19.1. The van der Waals surface area contributed by atoms with Crippen LogP contribution in [0.25, 0.3) is 0 Å². The molecule has 0 aromatic heterocycles. The molecule has 2 N–H and O–H groups in total. The van der Waals surface area contributed by atoms with Crippen molar-refractivity contribution in [1.82, 2.24) is 4.90 Å². The van der Waals surface area contributed by atoms with Crippen LogP contribution < -0.4 is 14.9 Å². The highest BCUT2D eigenvalue weighted by Crippen LogP contribution is 2.25. The number of amides is 1. The predicted molar refractivity (Wildman–Crippen MR) is 132 cm³/mol. The average molecular weight is 483 g/mol. The lowest BCUT2D eigenvalue weighted by Gasteiger charge is -2.35. The molecule has 178 valence electrons. The van der Waals surface area contributed by atoms with Crippen molar-refractivity contribution in [2.45, 2.75) is 11.8 Å². The van der Waals surface area contributed by atoms with E-state index in [0.29, 0.717) is 16.9 Å². The molecule has 7 nitrogen and oxygen atoms in total. The van der Waals surface area contributed by atoms with Gasteiger partial charge in [0.15, 0.2) is 0 Å². The molecule has 0 unspecified atom stereocenters. The van der Waals surface area contributed by atoms with Gasteiger partial charge in [0.25, 0.3) is 15.9 Å². The smallest absolute Gasteiger partial charge is 0.261 e. The van der Waals surface area contributed by atoms with Gasteiger partial charge in [-0.1, -0.05) is 0 Å². The van der Waals surface area contributed by atoms with Gasteiger partial charge in [-0.05, 0) is 86.3 Å². The van der Waals surface area contributed by atoms with Gasteiger partial charge in [-0.3, -0.25) is 9.52 Å². The molecule has 1 fully saturated rings. The summed E-state index contributed by atoms with van der Waals surface area (Å²) in [5.41, 5.74) is 3.65. The summed E-state index contributed by atoms with van der Waals surface area (Å²) >= 11 is 0. The first-order valence-corrected chi connectivity index (χ1v) is 12.4. The van der Waals surface area contributed by atoms with Gasteiger partial charge in [-0.15, -0.1) is 0 Å². The Morgan fingerprint density at radius 1 is 0.882 bits per heavy atom. The quantitative estimate of drug-likeness (QED) is 0.556. The minimum Gasteiger partial charge on any atom is -0.369 e. The molecule has 0 spiro atoms. The van der Waals surface area contributed by atoms with Gasteiger partial charge in [-0.25, -0.2) is 12.8 Å². The number of hydrogen-bond donors (Lipinski definition) is 2. The largest absolute Gasteiger partial charge is 0.369 e. The standard InChI is InChI=1S/C25H27FN4O3S/c1-18-17-22(9-12-24(18)30-15-13-29(2)14-16-30)27-25(31)19-3-7-21(8-4-19)28-34(32,33)23-10-5-20(26)6-11-23/h3-12,17,28H,13-16H2,1-2H3,(H,27,31). The monoisotopic (exact) mass is 482 g/mol. The first-order valence-electron chi connectivity index (χ1n) is 11.0. The van der Waals surface area contributed by atoms with E-state index in [9.17, 15) is 17.6 Å². The molecule has 1 aliphatic rings. The maximum absolute atomic E-state index is 13.1. The van der Waals surface area contributed by atoms with Crippen molar-refractivity contribution in [3.8, 4) is 0 Å². The van der Waals surface area contributed by atoms with Crippen LogP contribution in [-0.2, 0) is 10.0 Å². The molecule has 0 radical (unpaired) electrons. The Kier molecular flexibility index (Phi) is 6.85. The minimum atomic E-state index is -3.86. The highest BCUT2D eigenvalue weighted by molar-refractivity contribution is 7.92. The second kappa shape index (κ2) is 9.82. The summed E-state index contributed by atoms with van der Waals surface area (Å²) in [6.45, 7) is 6.02. The fraction of sp³-hybridized carbons (Fsp3) is 0.240. The molecule has 9 heteroatoms. The molecule has 0 aliphatic carbocycles. The van der Waals surface area contributed by atoms with Crippen molar-refractivity contribution >= 4 is 33.0 Å². The van der Waals surface area contributed by atoms with Gasteiger partial charge in [0.05, 0.1) is 4.90 Å². The molecule has 4 rings (SSSR count). The summed E-state index contributed by atoms with van der Waals surface area (Å²) in [5, 5.41) is 2.90. The third kappa shape index (κ3) is 5.55. The Balaban J connectivity index is 1.40. The normalized spacial score (nSPS) is 14.6. The number of likely N-dealkylation sites (N-methyl/N-ethyl adjacent to an activating group) is 1. The van der Waals surface area contributed by atoms with Crippen LogP contribution in [-0.4, -0.2) is 52.5 Å². The summed E-state index contributed by atoms with van der Waals surface area (Å²) in [7, 11) is -1.74. The molecular formula is C25H27FN4O3S. The first kappa shape index (κ1) is 23.7. The molecule has 1 saturated heterocycles. The van der Waals surface area contributed by atoms with Gasteiger partial charge < -0.3 is 15.1 Å². The lowest BCUT2D eigenvalue weighted by molar-refractivity contribution is 0.102. The van der Waals surface area contributed by atoms with E-state index < -0.39 is 15.8 Å². The number of rotatable bonds is 6. The Labute approximate surface area is 199 Å². The Hall–Kier alpha value is -3.43. The molecule has 0 atom stereocenters.